The molecule has 3 nitrogen and oxygen atoms in total. The second-order valence-electron chi connectivity index (χ2n) is 5.30. The summed E-state index contributed by atoms with van der Waals surface area (Å²) in [5, 5.41) is 1.56. The van der Waals surface area contributed by atoms with E-state index >= 15 is 0 Å². The highest BCUT2D eigenvalue weighted by molar-refractivity contribution is 7.84. The third-order valence-electron chi connectivity index (χ3n) is 3.58. The number of methoxy groups -OCH3 is 1. The summed E-state index contributed by atoms with van der Waals surface area (Å²) >= 11 is 6.04. The molecule has 23 heavy (non-hydrogen) atoms. The van der Waals surface area contributed by atoms with Crippen LogP contribution in [0.25, 0.3) is 10.9 Å². The minimum absolute atomic E-state index is 0.349. The fraction of sp³-hybridized carbons (Fsp3) is 0.167. The second-order valence-corrected chi connectivity index (χ2v) is 7.18. The Labute approximate surface area is 142 Å². The molecular formula is C18H16ClNO2S. The van der Waals surface area contributed by atoms with Crippen LogP contribution < -0.4 is 4.74 Å². The Bertz CT molecular complexity index is 878. The number of hydrogen-bond donors (Lipinski definition) is 0. The molecule has 3 rings (SSSR count). The lowest BCUT2D eigenvalue weighted by atomic mass is 10.1. The van der Waals surface area contributed by atoms with Crippen molar-refractivity contribution in [2.75, 3.05) is 7.11 Å². The number of aryl methyl sites for hydroxylation is 1. The van der Waals surface area contributed by atoms with Gasteiger partial charge in [-0.25, -0.2) is 4.98 Å². The first-order valence-corrected chi connectivity index (χ1v) is 8.85. The third-order valence-corrected chi connectivity index (χ3v) is 5.19. The zero-order valence-corrected chi connectivity index (χ0v) is 14.4. The fourth-order valence-corrected chi connectivity index (χ4v) is 3.64. The average Bonchev–Trinajstić information content (AvgIpc) is 2.54. The number of nitrogens with zero attached hydrogens (tertiary/aromatic N) is 1. The van der Waals surface area contributed by atoms with Crippen LogP contribution >= 0.6 is 11.6 Å². The lowest BCUT2D eigenvalue weighted by Gasteiger charge is -2.10. The smallest absolute Gasteiger partial charge is 0.217 e. The van der Waals surface area contributed by atoms with E-state index in [4.69, 9.17) is 16.3 Å². The van der Waals surface area contributed by atoms with Crippen molar-refractivity contribution in [1.82, 2.24) is 4.98 Å². The molecule has 0 radical (unpaired) electrons. The molecule has 0 spiro atoms. The van der Waals surface area contributed by atoms with Gasteiger partial charge in [0.2, 0.25) is 5.88 Å². The van der Waals surface area contributed by atoms with E-state index in [2.05, 4.69) is 4.98 Å². The van der Waals surface area contributed by atoms with Crippen LogP contribution in [0.4, 0.5) is 0 Å². The normalized spacial score (nSPS) is 12.3. The Morgan fingerprint density at radius 3 is 2.57 bits per heavy atom. The van der Waals surface area contributed by atoms with Gasteiger partial charge in [0.15, 0.2) is 0 Å². The lowest BCUT2D eigenvalue weighted by molar-refractivity contribution is 0.396. The number of ether oxygens (including phenoxy) is 1. The SMILES string of the molecule is COc1nc2ccc(Cl)cc2cc1CS(=O)c1ccc(C)cc1. The number of pyridine rings is 1. The van der Waals surface area contributed by atoms with Crippen LogP contribution in [0.1, 0.15) is 11.1 Å². The van der Waals surface area contributed by atoms with E-state index in [1.54, 1.807) is 13.2 Å². The Balaban J connectivity index is 1.97. The van der Waals surface area contributed by atoms with Gasteiger partial charge in [0.05, 0.1) is 29.2 Å². The minimum Gasteiger partial charge on any atom is -0.481 e. The molecule has 2 aromatic carbocycles. The summed E-state index contributed by atoms with van der Waals surface area (Å²) in [7, 11) is 0.416. The van der Waals surface area contributed by atoms with Crippen LogP contribution in [0.2, 0.25) is 5.02 Å². The summed E-state index contributed by atoms with van der Waals surface area (Å²) in [5.74, 6) is 0.849. The standard InChI is InChI=1S/C18H16ClNO2S/c1-12-3-6-16(7-4-12)23(21)11-14-9-13-10-15(19)5-8-17(13)20-18(14)22-2/h3-10H,11H2,1-2H3. The minimum atomic E-state index is -1.16. The van der Waals surface area contributed by atoms with Crippen LogP contribution in [-0.4, -0.2) is 16.3 Å². The van der Waals surface area contributed by atoms with Gasteiger partial charge in [-0.1, -0.05) is 29.3 Å². The third kappa shape index (κ3) is 3.54. The molecule has 0 saturated heterocycles. The van der Waals surface area contributed by atoms with E-state index in [-0.39, 0.29) is 0 Å². The largest absolute Gasteiger partial charge is 0.481 e. The first-order chi connectivity index (χ1) is 11.1. The second kappa shape index (κ2) is 6.69. The van der Waals surface area contributed by atoms with Crippen LogP contribution in [0.3, 0.4) is 0 Å². The van der Waals surface area contributed by atoms with Gasteiger partial charge in [0.1, 0.15) is 0 Å². The summed E-state index contributed by atoms with van der Waals surface area (Å²) in [4.78, 5) is 5.28. The molecule has 5 heteroatoms. The van der Waals surface area contributed by atoms with Gasteiger partial charge in [0.25, 0.3) is 0 Å². The van der Waals surface area contributed by atoms with Crippen LogP contribution in [-0.2, 0) is 16.6 Å². The molecule has 0 saturated carbocycles. The molecule has 0 aliphatic heterocycles. The fourth-order valence-electron chi connectivity index (χ4n) is 2.37. The molecule has 0 fully saturated rings. The quantitative estimate of drug-likeness (QED) is 0.698. The highest BCUT2D eigenvalue weighted by Gasteiger charge is 2.12. The van der Waals surface area contributed by atoms with E-state index < -0.39 is 10.8 Å². The number of rotatable bonds is 4. The Morgan fingerprint density at radius 2 is 1.87 bits per heavy atom. The van der Waals surface area contributed by atoms with Crippen molar-refractivity contribution in [1.29, 1.82) is 0 Å². The Kier molecular flexibility index (Phi) is 4.64. The number of fused-ring (bicyclic) bond motifs is 1. The van der Waals surface area contributed by atoms with E-state index in [0.29, 0.717) is 16.7 Å². The molecule has 1 atom stereocenters. The van der Waals surface area contributed by atoms with E-state index in [9.17, 15) is 4.21 Å². The van der Waals surface area contributed by atoms with Gasteiger partial charge < -0.3 is 4.74 Å². The van der Waals surface area contributed by atoms with Gasteiger partial charge in [0, 0.05) is 20.9 Å². The van der Waals surface area contributed by atoms with Gasteiger partial charge >= 0.3 is 0 Å². The van der Waals surface area contributed by atoms with Crippen LogP contribution in [0, 0.1) is 6.92 Å². The zero-order chi connectivity index (χ0) is 16.4. The van der Waals surface area contributed by atoms with Crippen molar-refractivity contribution in [3.05, 3.63) is 64.7 Å². The predicted octanol–water partition coefficient (Wildman–Crippen LogP) is 4.51. The first kappa shape index (κ1) is 16.0. The number of hydrogen-bond acceptors (Lipinski definition) is 3. The highest BCUT2D eigenvalue weighted by Crippen LogP contribution is 2.26. The van der Waals surface area contributed by atoms with Crippen molar-refractivity contribution in [3.63, 3.8) is 0 Å². The number of aromatic nitrogens is 1. The molecule has 0 aliphatic rings. The number of halogens is 1. The summed E-state index contributed by atoms with van der Waals surface area (Å²) in [5.41, 5.74) is 2.75. The van der Waals surface area contributed by atoms with Crippen molar-refractivity contribution in [3.8, 4) is 5.88 Å². The van der Waals surface area contributed by atoms with Crippen LogP contribution in [0.5, 0.6) is 5.88 Å². The molecule has 3 aromatic rings. The Hall–Kier alpha value is -1.91. The van der Waals surface area contributed by atoms with Crippen molar-refractivity contribution in [2.45, 2.75) is 17.6 Å². The molecule has 0 aliphatic carbocycles. The van der Waals surface area contributed by atoms with Gasteiger partial charge in [-0.2, -0.15) is 0 Å². The molecule has 0 N–H and O–H groups in total. The van der Waals surface area contributed by atoms with Crippen molar-refractivity contribution < 1.29 is 8.95 Å². The van der Waals surface area contributed by atoms with Gasteiger partial charge in [-0.3, -0.25) is 4.21 Å². The maximum atomic E-state index is 12.6. The first-order valence-electron chi connectivity index (χ1n) is 7.15. The summed E-state index contributed by atoms with van der Waals surface area (Å²) in [6.45, 7) is 2.01. The molecular weight excluding hydrogens is 330 g/mol. The van der Waals surface area contributed by atoms with Crippen LogP contribution in [0.15, 0.2) is 53.4 Å². The van der Waals surface area contributed by atoms with Crippen molar-refractivity contribution in [2.24, 2.45) is 0 Å². The topological polar surface area (TPSA) is 39.2 Å². The lowest BCUT2D eigenvalue weighted by Crippen LogP contribution is -2.01. The maximum Gasteiger partial charge on any atom is 0.217 e. The molecule has 0 amide bonds. The molecule has 1 heterocycles. The Morgan fingerprint density at radius 1 is 1.13 bits per heavy atom. The summed E-state index contributed by atoms with van der Waals surface area (Å²) in [6, 6.07) is 15.1. The molecule has 1 unspecified atom stereocenters. The van der Waals surface area contributed by atoms with Crippen molar-refractivity contribution >= 4 is 33.3 Å². The summed E-state index contributed by atoms with van der Waals surface area (Å²) < 4.78 is 18.0. The van der Waals surface area contributed by atoms with Gasteiger partial charge in [-0.05, 0) is 43.3 Å². The number of benzene rings is 2. The monoisotopic (exact) mass is 345 g/mol. The zero-order valence-electron chi connectivity index (χ0n) is 12.9. The van der Waals surface area contributed by atoms with Gasteiger partial charge in [-0.15, -0.1) is 0 Å². The predicted molar refractivity (Wildman–Crippen MR) is 94.6 cm³/mol. The van der Waals surface area contributed by atoms with E-state index in [0.717, 1.165) is 26.9 Å². The molecule has 1 aromatic heterocycles. The molecule has 118 valence electrons. The maximum absolute atomic E-state index is 12.6. The average molecular weight is 346 g/mol. The summed E-state index contributed by atoms with van der Waals surface area (Å²) in [6.07, 6.45) is 0. The van der Waals surface area contributed by atoms with E-state index in [1.807, 2.05) is 49.4 Å². The van der Waals surface area contributed by atoms with E-state index in [1.165, 1.54) is 0 Å². The highest BCUT2D eigenvalue weighted by atomic mass is 35.5. The molecule has 0 bridgehead atoms.